The molecule has 0 N–H and O–H groups in total. The number of benzene rings is 1. The Labute approximate surface area is 149 Å². The summed E-state index contributed by atoms with van der Waals surface area (Å²) in [7, 11) is 0. The summed E-state index contributed by atoms with van der Waals surface area (Å²) in [5, 5.41) is 1.26. The summed E-state index contributed by atoms with van der Waals surface area (Å²) in [6.07, 6.45) is 4.64. The van der Waals surface area contributed by atoms with Gasteiger partial charge in [0.2, 0.25) is 0 Å². The zero-order chi connectivity index (χ0) is 16.5. The Morgan fingerprint density at radius 3 is 2.92 bits per heavy atom. The lowest BCUT2D eigenvalue weighted by atomic mass is 10.0. The maximum absolute atomic E-state index is 13.0. The molecule has 2 aromatic heterocycles. The first kappa shape index (κ1) is 15.5. The average Bonchev–Trinajstić information content (AvgIpc) is 3.05. The standard InChI is InChI=1S/C18H16ClN3OS/c19-16-12(6-5-10-20-16)18(23)22-11-4-3-8-14(22)17-21-13-7-1-2-9-15(13)24-17/h1-2,5-7,9-10,14H,3-4,8,11H2. The van der Waals surface area contributed by atoms with Crippen LogP contribution in [0.15, 0.2) is 42.6 Å². The van der Waals surface area contributed by atoms with Crippen molar-refractivity contribution in [3.8, 4) is 0 Å². The van der Waals surface area contributed by atoms with Crippen LogP contribution in [0.5, 0.6) is 0 Å². The molecule has 1 unspecified atom stereocenters. The quantitative estimate of drug-likeness (QED) is 0.624. The van der Waals surface area contributed by atoms with Gasteiger partial charge < -0.3 is 4.90 Å². The van der Waals surface area contributed by atoms with Gasteiger partial charge in [-0.15, -0.1) is 11.3 Å². The number of piperidine rings is 1. The highest BCUT2D eigenvalue weighted by atomic mass is 35.5. The number of likely N-dealkylation sites (tertiary alicyclic amines) is 1. The molecule has 0 radical (unpaired) electrons. The topological polar surface area (TPSA) is 46.1 Å². The first-order valence-corrected chi connectivity index (χ1v) is 9.20. The van der Waals surface area contributed by atoms with E-state index in [1.165, 1.54) is 0 Å². The third-order valence-electron chi connectivity index (χ3n) is 4.35. The van der Waals surface area contributed by atoms with E-state index in [9.17, 15) is 4.79 Å². The molecule has 3 aromatic rings. The van der Waals surface area contributed by atoms with Gasteiger partial charge in [-0.05, 0) is 43.5 Å². The predicted molar refractivity (Wildman–Crippen MR) is 96.5 cm³/mol. The third-order valence-corrected chi connectivity index (χ3v) is 5.79. The fourth-order valence-electron chi connectivity index (χ4n) is 3.16. The van der Waals surface area contributed by atoms with Crippen LogP contribution in [0.1, 0.15) is 40.7 Å². The van der Waals surface area contributed by atoms with Gasteiger partial charge in [-0.1, -0.05) is 23.7 Å². The van der Waals surface area contributed by atoms with Crippen molar-refractivity contribution in [2.24, 2.45) is 0 Å². The monoisotopic (exact) mass is 357 g/mol. The lowest BCUT2D eigenvalue weighted by Crippen LogP contribution is -2.38. The molecule has 0 spiro atoms. The van der Waals surface area contributed by atoms with E-state index in [0.29, 0.717) is 5.56 Å². The molecular formula is C18H16ClN3OS. The van der Waals surface area contributed by atoms with Crippen molar-refractivity contribution < 1.29 is 4.79 Å². The number of aromatic nitrogens is 2. The van der Waals surface area contributed by atoms with Gasteiger partial charge in [0.25, 0.3) is 5.91 Å². The molecule has 0 saturated carbocycles. The number of carbonyl (C=O) groups excluding carboxylic acids is 1. The Balaban J connectivity index is 1.70. The van der Waals surface area contributed by atoms with E-state index in [1.807, 2.05) is 23.1 Å². The number of para-hydroxylation sites is 1. The lowest BCUT2D eigenvalue weighted by molar-refractivity contribution is 0.0611. The van der Waals surface area contributed by atoms with Gasteiger partial charge in [-0.25, -0.2) is 9.97 Å². The van der Waals surface area contributed by atoms with Crippen molar-refractivity contribution in [1.29, 1.82) is 0 Å². The predicted octanol–water partition coefficient (Wildman–Crippen LogP) is 4.71. The SMILES string of the molecule is O=C(c1cccnc1Cl)N1CCCCC1c1nc2ccccc2s1. The minimum absolute atomic E-state index is 0.0138. The molecule has 0 bridgehead atoms. The van der Waals surface area contributed by atoms with Crippen LogP contribution >= 0.6 is 22.9 Å². The van der Waals surface area contributed by atoms with Crippen LogP contribution in [0.2, 0.25) is 5.15 Å². The van der Waals surface area contributed by atoms with Gasteiger partial charge in [0.15, 0.2) is 0 Å². The van der Waals surface area contributed by atoms with E-state index in [2.05, 4.69) is 11.1 Å². The van der Waals surface area contributed by atoms with Gasteiger partial charge in [0, 0.05) is 12.7 Å². The van der Waals surface area contributed by atoms with E-state index in [4.69, 9.17) is 16.6 Å². The van der Waals surface area contributed by atoms with Crippen molar-refractivity contribution in [2.75, 3.05) is 6.54 Å². The smallest absolute Gasteiger partial charge is 0.257 e. The number of hydrogen-bond donors (Lipinski definition) is 0. The molecule has 1 amide bonds. The summed E-state index contributed by atoms with van der Waals surface area (Å²) in [6.45, 7) is 0.727. The second-order valence-corrected chi connectivity index (χ2v) is 7.29. The maximum atomic E-state index is 13.0. The largest absolute Gasteiger partial charge is 0.329 e. The Morgan fingerprint density at radius 1 is 1.21 bits per heavy atom. The molecule has 1 aliphatic rings. The normalized spacial score (nSPS) is 18.0. The summed E-state index contributed by atoms with van der Waals surface area (Å²) in [5.74, 6) is -0.0583. The number of amides is 1. The van der Waals surface area contributed by atoms with Crippen molar-refractivity contribution in [3.05, 3.63) is 58.3 Å². The molecule has 1 atom stereocenters. The molecule has 1 aliphatic heterocycles. The molecule has 6 heteroatoms. The molecule has 122 valence electrons. The number of rotatable bonds is 2. The maximum Gasteiger partial charge on any atom is 0.257 e. The third kappa shape index (κ3) is 2.78. The van der Waals surface area contributed by atoms with Crippen LogP contribution in [0.3, 0.4) is 0 Å². The number of halogens is 1. The Hall–Kier alpha value is -1.98. The molecule has 1 aromatic carbocycles. The van der Waals surface area contributed by atoms with Crippen LogP contribution < -0.4 is 0 Å². The molecule has 3 heterocycles. The van der Waals surface area contributed by atoms with E-state index < -0.39 is 0 Å². The first-order valence-electron chi connectivity index (χ1n) is 8.01. The number of pyridine rings is 1. The van der Waals surface area contributed by atoms with Gasteiger partial charge in [-0.3, -0.25) is 4.79 Å². The average molecular weight is 358 g/mol. The van der Waals surface area contributed by atoms with Gasteiger partial charge in [0.1, 0.15) is 10.2 Å². The fourth-order valence-corrected chi connectivity index (χ4v) is 4.48. The summed E-state index contributed by atoms with van der Waals surface area (Å²) < 4.78 is 1.16. The summed E-state index contributed by atoms with van der Waals surface area (Å²) >= 11 is 7.80. The lowest BCUT2D eigenvalue weighted by Gasteiger charge is -2.34. The van der Waals surface area contributed by atoms with Crippen LogP contribution in [-0.4, -0.2) is 27.3 Å². The van der Waals surface area contributed by atoms with Crippen molar-refractivity contribution in [1.82, 2.24) is 14.9 Å². The Bertz CT molecular complexity index is 862. The highest BCUT2D eigenvalue weighted by Crippen LogP contribution is 2.36. The van der Waals surface area contributed by atoms with Crippen molar-refractivity contribution >= 4 is 39.1 Å². The van der Waals surface area contributed by atoms with Crippen LogP contribution in [0.25, 0.3) is 10.2 Å². The molecule has 1 fully saturated rings. The van der Waals surface area contributed by atoms with Gasteiger partial charge in [0.05, 0.1) is 21.8 Å². The van der Waals surface area contributed by atoms with E-state index in [1.54, 1.807) is 29.7 Å². The zero-order valence-electron chi connectivity index (χ0n) is 13.0. The molecule has 4 rings (SSSR count). The molecule has 4 nitrogen and oxygen atoms in total. The van der Waals surface area contributed by atoms with Crippen LogP contribution in [-0.2, 0) is 0 Å². The molecule has 24 heavy (non-hydrogen) atoms. The molecule has 1 saturated heterocycles. The van der Waals surface area contributed by atoms with Gasteiger partial charge >= 0.3 is 0 Å². The molecular weight excluding hydrogens is 342 g/mol. The van der Waals surface area contributed by atoms with Crippen molar-refractivity contribution in [3.63, 3.8) is 0 Å². The summed E-state index contributed by atoms with van der Waals surface area (Å²) in [4.78, 5) is 23.7. The number of thiazole rings is 1. The Morgan fingerprint density at radius 2 is 2.08 bits per heavy atom. The van der Waals surface area contributed by atoms with Crippen LogP contribution in [0, 0.1) is 0 Å². The minimum Gasteiger partial charge on any atom is -0.329 e. The number of nitrogens with zero attached hydrogens (tertiary/aromatic N) is 3. The zero-order valence-corrected chi connectivity index (χ0v) is 14.6. The second kappa shape index (κ2) is 6.49. The highest BCUT2D eigenvalue weighted by Gasteiger charge is 2.31. The van der Waals surface area contributed by atoms with E-state index in [0.717, 1.165) is 41.0 Å². The first-order chi connectivity index (χ1) is 11.7. The van der Waals surface area contributed by atoms with E-state index >= 15 is 0 Å². The number of fused-ring (bicyclic) bond motifs is 1. The minimum atomic E-state index is -0.0583. The Kier molecular flexibility index (Phi) is 4.21. The second-order valence-electron chi connectivity index (χ2n) is 5.87. The number of carbonyl (C=O) groups is 1. The van der Waals surface area contributed by atoms with Crippen molar-refractivity contribution in [2.45, 2.75) is 25.3 Å². The van der Waals surface area contributed by atoms with E-state index in [-0.39, 0.29) is 17.1 Å². The summed E-state index contributed by atoms with van der Waals surface area (Å²) in [6, 6.07) is 11.6. The van der Waals surface area contributed by atoms with Gasteiger partial charge in [-0.2, -0.15) is 0 Å². The highest BCUT2D eigenvalue weighted by molar-refractivity contribution is 7.18. The van der Waals surface area contributed by atoms with Crippen LogP contribution in [0.4, 0.5) is 0 Å². The summed E-state index contributed by atoms with van der Waals surface area (Å²) in [5.41, 5.74) is 1.46. The fraction of sp³-hybridized carbons (Fsp3) is 0.278. The number of hydrogen-bond acceptors (Lipinski definition) is 4. The molecule has 0 aliphatic carbocycles.